The summed E-state index contributed by atoms with van der Waals surface area (Å²) in [6, 6.07) is 20.7. The molecule has 0 radical (unpaired) electrons. The van der Waals surface area contributed by atoms with Gasteiger partial charge in [-0.3, -0.25) is 14.4 Å². The molecular weight excluding hydrogens is 502 g/mol. The molecule has 1 aliphatic carbocycles. The van der Waals surface area contributed by atoms with E-state index in [-0.39, 0.29) is 18.0 Å². The van der Waals surface area contributed by atoms with Crippen molar-refractivity contribution in [3.63, 3.8) is 0 Å². The van der Waals surface area contributed by atoms with Crippen molar-refractivity contribution in [3.05, 3.63) is 101 Å². The van der Waals surface area contributed by atoms with E-state index in [0.29, 0.717) is 5.82 Å². The Hall–Kier alpha value is -4.59. The molecule has 1 atom stereocenters. The fourth-order valence-corrected chi connectivity index (χ4v) is 5.06. The predicted octanol–water partition coefficient (Wildman–Crippen LogP) is 4.00. The highest BCUT2D eigenvalue weighted by atomic mass is 16.2. The SMILES string of the molecule is O=C(NC1CC1)C(=O)[C@@H]1Cc2ccc(cc2)CCCCc2cccc(c2)-c2ccn(n2)-c2ncccc2C(=O)N1. The lowest BCUT2D eigenvalue weighted by molar-refractivity contribution is -0.139. The van der Waals surface area contributed by atoms with Gasteiger partial charge in [0.15, 0.2) is 5.82 Å². The van der Waals surface area contributed by atoms with Crippen LogP contribution < -0.4 is 10.6 Å². The number of Topliss-reactive ketones (excluding diaryl/α,β-unsaturated/α-hetero) is 1. The maximum absolute atomic E-state index is 13.6. The Morgan fingerprint density at radius 2 is 1.68 bits per heavy atom. The number of pyridine rings is 1. The molecule has 0 unspecified atom stereocenters. The number of carbonyl (C=O) groups excluding carboxylic acids is 3. The van der Waals surface area contributed by atoms with E-state index in [1.807, 2.05) is 30.3 Å². The van der Waals surface area contributed by atoms with Gasteiger partial charge in [-0.15, -0.1) is 0 Å². The zero-order valence-corrected chi connectivity index (χ0v) is 22.2. The van der Waals surface area contributed by atoms with Crippen molar-refractivity contribution in [1.82, 2.24) is 25.4 Å². The lowest BCUT2D eigenvalue weighted by atomic mass is 9.98. The third-order valence-corrected chi connectivity index (χ3v) is 7.46. The second-order valence-electron chi connectivity index (χ2n) is 10.6. The van der Waals surface area contributed by atoms with E-state index in [2.05, 4.69) is 39.9 Å². The number of amides is 2. The molecule has 2 aromatic carbocycles. The third kappa shape index (κ3) is 5.86. The zero-order valence-electron chi connectivity index (χ0n) is 22.2. The van der Waals surface area contributed by atoms with Gasteiger partial charge in [0, 0.05) is 30.4 Å². The molecule has 1 fully saturated rings. The average Bonchev–Trinajstić information content (AvgIpc) is 3.66. The summed E-state index contributed by atoms with van der Waals surface area (Å²) in [5.74, 6) is -1.47. The predicted molar refractivity (Wildman–Crippen MR) is 151 cm³/mol. The highest BCUT2D eigenvalue weighted by molar-refractivity contribution is 6.38. The smallest absolute Gasteiger partial charge is 0.289 e. The monoisotopic (exact) mass is 533 g/mol. The van der Waals surface area contributed by atoms with E-state index in [1.54, 1.807) is 29.2 Å². The minimum atomic E-state index is -1.02. The molecule has 2 amide bonds. The molecule has 2 N–H and O–H groups in total. The molecule has 0 saturated heterocycles. The highest BCUT2D eigenvalue weighted by Crippen LogP contribution is 2.23. The number of ketones is 1. The Labute approximate surface area is 232 Å². The molecule has 8 heteroatoms. The van der Waals surface area contributed by atoms with Crippen LogP contribution >= 0.6 is 0 Å². The quantitative estimate of drug-likeness (QED) is 0.387. The summed E-state index contributed by atoms with van der Waals surface area (Å²) < 4.78 is 1.57. The lowest BCUT2D eigenvalue weighted by Crippen LogP contribution is -2.49. The van der Waals surface area contributed by atoms with Crippen LogP contribution in [0.1, 0.15) is 52.7 Å². The van der Waals surface area contributed by atoms with Crippen LogP contribution in [0, 0.1) is 0 Å². The van der Waals surface area contributed by atoms with Crippen LogP contribution in [0.4, 0.5) is 0 Å². The molecule has 1 saturated carbocycles. The van der Waals surface area contributed by atoms with Gasteiger partial charge in [0.2, 0.25) is 5.78 Å². The van der Waals surface area contributed by atoms with Crippen molar-refractivity contribution < 1.29 is 14.4 Å². The largest absolute Gasteiger partial charge is 0.347 e. The molecule has 2 aliphatic heterocycles. The summed E-state index contributed by atoms with van der Waals surface area (Å²) >= 11 is 0. The first-order chi connectivity index (χ1) is 19.5. The number of aryl methyl sites for hydroxylation is 2. The Bertz CT molecular complexity index is 1550. The number of benzene rings is 2. The number of hydrogen-bond donors (Lipinski definition) is 2. The van der Waals surface area contributed by atoms with Crippen LogP contribution in [-0.4, -0.2) is 44.4 Å². The Morgan fingerprint density at radius 3 is 2.48 bits per heavy atom. The minimum absolute atomic E-state index is 0.0403. The lowest BCUT2D eigenvalue weighted by Gasteiger charge is -2.19. The Balaban J connectivity index is 1.36. The summed E-state index contributed by atoms with van der Waals surface area (Å²) in [5, 5.41) is 10.3. The van der Waals surface area contributed by atoms with Gasteiger partial charge in [0.25, 0.3) is 11.8 Å². The van der Waals surface area contributed by atoms with Crippen molar-refractivity contribution in [2.24, 2.45) is 0 Å². The summed E-state index contributed by atoms with van der Waals surface area (Å²) in [5.41, 5.74) is 5.38. The first-order valence-corrected chi connectivity index (χ1v) is 13.9. The number of fused-ring (bicyclic) bond motifs is 8. The Morgan fingerprint density at radius 1 is 0.900 bits per heavy atom. The fourth-order valence-electron chi connectivity index (χ4n) is 5.06. The zero-order chi connectivity index (χ0) is 27.5. The molecule has 0 spiro atoms. The van der Waals surface area contributed by atoms with E-state index in [0.717, 1.165) is 55.3 Å². The molecule has 6 bridgehead atoms. The number of nitrogens with zero attached hydrogens (tertiary/aromatic N) is 3. The van der Waals surface area contributed by atoms with Crippen molar-refractivity contribution in [2.45, 2.75) is 57.0 Å². The topological polar surface area (TPSA) is 106 Å². The highest BCUT2D eigenvalue weighted by Gasteiger charge is 2.32. The van der Waals surface area contributed by atoms with Crippen molar-refractivity contribution >= 4 is 17.6 Å². The maximum Gasteiger partial charge on any atom is 0.289 e. The van der Waals surface area contributed by atoms with E-state index in [1.165, 1.54) is 11.1 Å². The molecule has 40 heavy (non-hydrogen) atoms. The first kappa shape index (κ1) is 25.7. The van der Waals surface area contributed by atoms with Gasteiger partial charge in [-0.05, 0) is 79.5 Å². The molecule has 3 aliphatic rings. The van der Waals surface area contributed by atoms with Crippen LogP contribution in [0.15, 0.2) is 79.1 Å². The Kier molecular flexibility index (Phi) is 7.23. The third-order valence-electron chi connectivity index (χ3n) is 7.46. The maximum atomic E-state index is 13.6. The molecule has 2 aromatic heterocycles. The summed E-state index contributed by atoms with van der Waals surface area (Å²) in [6.45, 7) is 0. The van der Waals surface area contributed by atoms with Crippen molar-refractivity contribution in [1.29, 1.82) is 0 Å². The number of rotatable bonds is 3. The van der Waals surface area contributed by atoms with Crippen LogP contribution in [0.25, 0.3) is 17.1 Å². The van der Waals surface area contributed by atoms with Crippen LogP contribution in [0.2, 0.25) is 0 Å². The normalized spacial score (nSPS) is 17.4. The molecular formula is C32H31N5O3. The van der Waals surface area contributed by atoms with Crippen LogP contribution in [-0.2, 0) is 28.9 Å². The molecule has 4 heterocycles. The number of hydrogen-bond acceptors (Lipinski definition) is 5. The second kappa shape index (κ2) is 11.3. The van der Waals surface area contributed by atoms with Gasteiger partial charge in [-0.1, -0.05) is 42.5 Å². The molecule has 4 aromatic rings. The van der Waals surface area contributed by atoms with E-state index in [4.69, 9.17) is 5.10 Å². The van der Waals surface area contributed by atoms with E-state index >= 15 is 0 Å². The van der Waals surface area contributed by atoms with Gasteiger partial charge in [0.05, 0.1) is 11.3 Å². The van der Waals surface area contributed by atoms with Gasteiger partial charge in [-0.25, -0.2) is 9.67 Å². The van der Waals surface area contributed by atoms with Gasteiger partial charge >= 0.3 is 0 Å². The average molecular weight is 534 g/mol. The van der Waals surface area contributed by atoms with Crippen molar-refractivity contribution in [2.75, 3.05) is 0 Å². The summed E-state index contributed by atoms with van der Waals surface area (Å²) in [6.07, 6.45) is 9.37. The number of nitrogens with one attached hydrogen (secondary N) is 2. The molecule has 8 nitrogen and oxygen atoms in total. The van der Waals surface area contributed by atoms with Crippen LogP contribution in [0.5, 0.6) is 0 Å². The summed E-state index contributed by atoms with van der Waals surface area (Å²) in [4.78, 5) is 44.0. The number of carbonyl (C=O) groups is 3. The summed E-state index contributed by atoms with van der Waals surface area (Å²) in [7, 11) is 0. The fraction of sp³-hybridized carbons (Fsp3) is 0.281. The van der Waals surface area contributed by atoms with E-state index < -0.39 is 23.6 Å². The van der Waals surface area contributed by atoms with Crippen molar-refractivity contribution in [3.8, 4) is 17.1 Å². The van der Waals surface area contributed by atoms with Crippen LogP contribution in [0.3, 0.4) is 0 Å². The standard InChI is InChI=1S/C32H31N5O3/c38-29(32(40)34-25-14-15-25)28-20-23-12-10-21(11-13-23)5-1-2-6-22-7-3-8-24(19-22)27-16-18-37(36-27)30-26(31(39)35-28)9-4-17-33-30/h3-4,7-13,16-19,25,28H,1-2,5-6,14-15,20H2,(H,34,40)(H,35,39)/t28-/m0/s1. The van der Waals surface area contributed by atoms with Gasteiger partial charge in [-0.2, -0.15) is 5.10 Å². The van der Waals surface area contributed by atoms with Gasteiger partial charge in [0.1, 0.15) is 6.04 Å². The number of aromatic nitrogens is 3. The second-order valence-corrected chi connectivity index (χ2v) is 10.6. The molecule has 7 rings (SSSR count). The first-order valence-electron chi connectivity index (χ1n) is 13.9. The molecule has 202 valence electrons. The minimum Gasteiger partial charge on any atom is -0.347 e. The van der Waals surface area contributed by atoms with Gasteiger partial charge < -0.3 is 10.6 Å². The van der Waals surface area contributed by atoms with E-state index in [9.17, 15) is 14.4 Å².